The van der Waals surface area contributed by atoms with E-state index >= 15 is 0 Å². The maximum absolute atomic E-state index is 11.6. The number of hydrogen-bond donors (Lipinski definition) is 1. The van der Waals surface area contributed by atoms with Crippen LogP contribution < -0.4 is 5.73 Å². The normalized spacial score (nSPS) is 10.3. The Morgan fingerprint density at radius 2 is 2.11 bits per heavy atom. The Morgan fingerprint density at radius 1 is 1.44 bits per heavy atom. The fraction of sp³-hybridized carbons (Fsp3) is 0.250. The minimum absolute atomic E-state index is 0.146. The van der Waals surface area contributed by atoms with Crippen LogP contribution in [0.2, 0.25) is 0 Å². The zero-order valence-corrected chi connectivity index (χ0v) is 10.9. The summed E-state index contributed by atoms with van der Waals surface area (Å²) < 4.78 is 27.3. The Bertz CT molecular complexity index is 623. The molecule has 1 amide bonds. The van der Waals surface area contributed by atoms with E-state index in [-0.39, 0.29) is 4.90 Å². The number of primary amides is 1. The van der Waals surface area contributed by atoms with E-state index in [2.05, 4.69) is 16.0 Å². The van der Waals surface area contributed by atoms with Gasteiger partial charge in [-0.1, -0.05) is 24.8 Å². The molecule has 0 saturated heterocycles. The highest BCUT2D eigenvalue weighted by Gasteiger charge is 2.19. The number of carbonyl (C=O) groups is 1. The SMILES string of the molecule is CCC#Cc1cc(S(=O)(=O)OC(N)=O)ccc1C. The zero-order valence-electron chi connectivity index (χ0n) is 10.1. The monoisotopic (exact) mass is 267 g/mol. The van der Waals surface area contributed by atoms with Crippen molar-refractivity contribution in [1.29, 1.82) is 0 Å². The second kappa shape index (κ2) is 5.56. The first kappa shape index (κ1) is 14.1. The van der Waals surface area contributed by atoms with Gasteiger partial charge in [-0.3, -0.25) is 0 Å². The van der Waals surface area contributed by atoms with Crippen molar-refractivity contribution in [2.24, 2.45) is 5.73 Å². The topological polar surface area (TPSA) is 86.5 Å². The van der Waals surface area contributed by atoms with Crippen LogP contribution in [-0.2, 0) is 14.3 Å². The van der Waals surface area contributed by atoms with Crippen molar-refractivity contribution >= 4 is 16.2 Å². The number of carbonyl (C=O) groups excluding carboxylic acids is 1. The number of amides is 1. The summed E-state index contributed by atoms with van der Waals surface area (Å²) in [6, 6.07) is 4.29. The van der Waals surface area contributed by atoms with Crippen LogP contribution in [0.1, 0.15) is 24.5 Å². The molecule has 0 saturated carbocycles. The predicted molar refractivity (Wildman–Crippen MR) is 66.2 cm³/mol. The van der Waals surface area contributed by atoms with Gasteiger partial charge < -0.3 is 9.92 Å². The summed E-state index contributed by atoms with van der Waals surface area (Å²) in [5.41, 5.74) is 6.11. The zero-order chi connectivity index (χ0) is 13.8. The second-order valence-electron chi connectivity index (χ2n) is 3.49. The number of benzene rings is 1. The lowest BCUT2D eigenvalue weighted by Gasteiger charge is -2.05. The first-order chi connectivity index (χ1) is 8.36. The molecule has 0 unspecified atom stereocenters. The van der Waals surface area contributed by atoms with Crippen LogP contribution in [-0.4, -0.2) is 14.5 Å². The Kier molecular flexibility index (Phi) is 4.34. The van der Waals surface area contributed by atoms with Crippen molar-refractivity contribution in [3.05, 3.63) is 29.3 Å². The van der Waals surface area contributed by atoms with Crippen molar-refractivity contribution < 1.29 is 17.4 Å². The average molecular weight is 267 g/mol. The van der Waals surface area contributed by atoms with Gasteiger partial charge in [-0.15, -0.1) is 0 Å². The molecule has 1 rings (SSSR count). The number of aryl methyl sites for hydroxylation is 1. The Hall–Kier alpha value is -2.00. The van der Waals surface area contributed by atoms with E-state index < -0.39 is 16.2 Å². The molecule has 96 valence electrons. The van der Waals surface area contributed by atoms with Crippen molar-refractivity contribution in [2.75, 3.05) is 0 Å². The summed E-state index contributed by atoms with van der Waals surface area (Å²) in [4.78, 5) is 10.4. The molecule has 18 heavy (non-hydrogen) atoms. The van der Waals surface area contributed by atoms with Crippen LogP contribution in [0.25, 0.3) is 0 Å². The molecule has 2 N–H and O–H groups in total. The summed E-state index contributed by atoms with van der Waals surface area (Å²) >= 11 is 0. The number of hydrogen-bond acceptors (Lipinski definition) is 4. The van der Waals surface area contributed by atoms with Crippen molar-refractivity contribution in [3.8, 4) is 11.8 Å². The van der Waals surface area contributed by atoms with Gasteiger partial charge in [-0.05, 0) is 24.6 Å². The van der Waals surface area contributed by atoms with E-state index in [4.69, 9.17) is 5.73 Å². The largest absolute Gasteiger partial charge is 0.420 e. The summed E-state index contributed by atoms with van der Waals surface area (Å²) in [5, 5.41) is 0. The fourth-order valence-electron chi connectivity index (χ4n) is 1.23. The van der Waals surface area contributed by atoms with Gasteiger partial charge in [-0.2, -0.15) is 8.42 Å². The quantitative estimate of drug-likeness (QED) is 0.650. The molecule has 0 bridgehead atoms. The first-order valence-corrected chi connectivity index (χ1v) is 6.61. The third-order valence-electron chi connectivity index (χ3n) is 2.09. The molecule has 5 nitrogen and oxygen atoms in total. The highest BCUT2D eigenvalue weighted by molar-refractivity contribution is 7.87. The van der Waals surface area contributed by atoms with E-state index in [1.165, 1.54) is 12.1 Å². The van der Waals surface area contributed by atoms with Crippen LogP contribution in [0, 0.1) is 18.8 Å². The molecular weight excluding hydrogens is 254 g/mol. The Morgan fingerprint density at radius 3 is 2.67 bits per heavy atom. The minimum Gasteiger partial charge on any atom is -0.334 e. The predicted octanol–water partition coefficient (Wildman–Crippen LogP) is 1.54. The summed E-state index contributed by atoms with van der Waals surface area (Å²) in [7, 11) is -4.17. The van der Waals surface area contributed by atoms with Gasteiger partial charge in [-0.25, -0.2) is 4.79 Å². The van der Waals surface area contributed by atoms with Gasteiger partial charge in [0.1, 0.15) is 4.90 Å². The summed E-state index contributed by atoms with van der Waals surface area (Å²) in [6.07, 6.45) is -0.703. The van der Waals surface area contributed by atoms with Crippen molar-refractivity contribution in [2.45, 2.75) is 25.2 Å². The highest BCUT2D eigenvalue weighted by atomic mass is 32.2. The molecule has 0 aliphatic carbocycles. The highest BCUT2D eigenvalue weighted by Crippen LogP contribution is 2.17. The maximum Gasteiger partial charge on any atom is 0.420 e. The molecular formula is C12H13NO4S. The summed E-state index contributed by atoms with van der Waals surface area (Å²) in [6.45, 7) is 3.70. The number of nitrogens with two attached hydrogens (primary N) is 1. The minimum atomic E-state index is -4.17. The third kappa shape index (κ3) is 3.50. The maximum atomic E-state index is 11.6. The third-order valence-corrected chi connectivity index (χ3v) is 3.30. The average Bonchev–Trinajstić information content (AvgIpc) is 2.26. The molecule has 6 heteroatoms. The standard InChI is InChI=1S/C12H13NO4S/c1-3-4-5-10-8-11(7-6-9(10)2)18(15,16)17-12(13)14/h6-8H,3H2,1-2H3,(H2,13,14). The Balaban J connectivity index is 3.24. The summed E-state index contributed by atoms with van der Waals surface area (Å²) in [5.74, 6) is 5.69. The smallest absolute Gasteiger partial charge is 0.334 e. The fourth-order valence-corrected chi connectivity index (χ4v) is 2.04. The lowest BCUT2D eigenvalue weighted by atomic mass is 10.1. The number of rotatable bonds is 2. The van der Waals surface area contributed by atoms with E-state index in [1.807, 2.05) is 13.8 Å². The van der Waals surface area contributed by atoms with Gasteiger partial charge >= 0.3 is 16.2 Å². The second-order valence-corrected chi connectivity index (χ2v) is 5.03. The van der Waals surface area contributed by atoms with Crippen molar-refractivity contribution in [1.82, 2.24) is 0 Å². The molecule has 0 fully saturated rings. The lowest BCUT2D eigenvalue weighted by Crippen LogP contribution is -2.19. The molecule has 0 spiro atoms. The van der Waals surface area contributed by atoms with Gasteiger partial charge in [0.15, 0.2) is 0 Å². The molecule has 0 aliphatic heterocycles. The Labute approximate surface area is 106 Å². The van der Waals surface area contributed by atoms with E-state index in [0.717, 1.165) is 5.56 Å². The van der Waals surface area contributed by atoms with Crippen LogP contribution in [0.5, 0.6) is 0 Å². The van der Waals surface area contributed by atoms with Crippen LogP contribution >= 0.6 is 0 Å². The van der Waals surface area contributed by atoms with Crippen LogP contribution in [0.15, 0.2) is 23.1 Å². The van der Waals surface area contributed by atoms with Gasteiger partial charge in [0.2, 0.25) is 0 Å². The van der Waals surface area contributed by atoms with Crippen LogP contribution in [0.4, 0.5) is 4.79 Å². The lowest BCUT2D eigenvalue weighted by molar-refractivity contribution is 0.212. The van der Waals surface area contributed by atoms with Crippen molar-refractivity contribution in [3.63, 3.8) is 0 Å². The van der Waals surface area contributed by atoms with E-state index in [1.54, 1.807) is 6.07 Å². The molecule has 1 aromatic rings. The molecule has 0 radical (unpaired) electrons. The molecule has 0 atom stereocenters. The van der Waals surface area contributed by atoms with Gasteiger partial charge in [0.05, 0.1) is 0 Å². The molecule has 0 aliphatic rings. The first-order valence-electron chi connectivity index (χ1n) is 5.20. The molecule has 0 aromatic heterocycles. The van der Waals surface area contributed by atoms with E-state index in [9.17, 15) is 13.2 Å². The van der Waals surface area contributed by atoms with Gasteiger partial charge in [0, 0.05) is 12.0 Å². The van der Waals surface area contributed by atoms with E-state index in [0.29, 0.717) is 12.0 Å². The molecule has 0 heterocycles. The van der Waals surface area contributed by atoms with Gasteiger partial charge in [0.25, 0.3) is 0 Å². The molecule has 1 aromatic carbocycles. The van der Waals surface area contributed by atoms with Crippen LogP contribution in [0.3, 0.4) is 0 Å².